The molecule has 0 spiro atoms. The molecule has 0 fully saturated rings. The molecule has 1 unspecified atom stereocenters. The van der Waals surface area contributed by atoms with E-state index in [0.717, 1.165) is 35.5 Å². The van der Waals surface area contributed by atoms with Crippen LogP contribution in [-0.4, -0.2) is 19.7 Å². The van der Waals surface area contributed by atoms with Gasteiger partial charge in [-0.2, -0.15) is 0 Å². The molecule has 4 nitrogen and oxygen atoms in total. The maximum atomic E-state index is 12.5. The van der Waals surface area contributed by atoms with Crippen LogP contribution in [0.3, 0.4) is 0 Å². The number of esters is 1. The van der Waals surface area contributed by atoms with Crippen molar-refractivity contribution in [3.63, 3.8) is 0 Å². The number of hydrogen-bond donors (Lipinski definition) is 0. The number of methoxy groups -OCH3 is 1. The summed E-state index contributed by atoms with van der Waals surface area (Å²) in [5.41, 5.74) is 3.66. The molecule has 0 N–H and O–H groups in total. The highest BCUT2D eigenvalue weighted by atomic mass is 16.5. The number of rotatable bonds is 13. The van der Waals surface area contributed by atoms with Crippen LogP contribution in [0.15, 0.2) is 72.8 Å². The van der Waals surface area contributed by atoms with Crippen LogP contribution in [0.1, 0.15) is 74.4 Å². The number of ether oxygens (including phenoxy) is 3. The van der Waals surface area contributed by atoms with E-state index in [1.54, 1.807) is 31.4 Å². The van der Waals surface area contributed by atoms with E-state index in [9.17, 15) is 4.79 Å². The number of benzene rings is 3. The molecule has 4 heteroatoms. The average molecular weight is 461 g/mol. The highest BCUT2D eigenvalue weighted by molar-refractivity contribution is 5.91. The standard InChI is InChI=1S/C30H36O4/c1-4-5-6-7-8-9-22-33-28-18-16-26(17-19-28)25-10-12-27(13-11-25)30(31)34-29-20-14-24(15-21-29)23(2)32-3/h10-21,23H,4-9,22H2,1-3H3. The summed E-state index contributed by atoms with van der Waals surface area (Å²) in [6.07, 6.45) is 7.54. The lowest BCUT2D eigenvalue weighted by molar-refractivity contribution is 0.0734. The first-order valence-electron chi connectivity index (χ1n) is 12.3. The van der Waals surface area contributed by atoms with Crippen LogP contribution >= 0.6 is 0 Å². The van der Waals surface area contributed by atoms with E-state index in [-0.39, 0.29) is 12.1 Å². The first-order valence-corrected chi connectivity index (χ1v) is 12.3. The smallest absolute Gasteiger partial charge is 0.343 e. The van der Waals surface area contributed by atoms with Gasteiger partial charge in [-0.05, 0) is 66.4 Å². The lowest BCUT2D eigenvalue weighted by Crippen LogP contribution is -2.08. The van der Waals surface area contributed by atoms with Crippen molar-refractivity contribution in [3.8, 4) is 22.6 Å². The third-order valence-electron chi connectivity index (χ3n) is 5.99. The highest BCUT2D eigenvalue weighted by Gasteiger charge is 2.10. The third-order valence-corrected chi connectivity index (χ3v) is 5.99. The molecule has 0 aliphatic carbocycles. The van der Waals surface area contributed by atoms with Crippen molar-refractivity contribution in [2.24, 2.45) is 0 Å². The van der Waals surface area contributed by atoms with Crippen molar-refractivity contribution >= 4 is 5.97 Å². The largest absolute Gasteiger partial charge is 0.494 e. The van der Waals surface area contributed by atoms with Crippen LogP contribution in [0.5, 0.6) is 11.5 Å². The summed E-state index contributed by atoms with van der Waals surface area (Å²) in [4.78, 5) is 12.5. The van der Waals surface area contributed by atoms with Crippen molar-refractivity contribution in [1.82, 2.24) is 0 Å². The summed E-state index contributed by atoms with van der Waals surface area (Å²) in [5, 5.41) is 0. The lowest BCUT2D eigenvalue weighted by atomic mass is 10.0. The molecule has 3 aromatic carbocycles. The Bertz CT molecular complexity index is 991. The molecule has 0 aliphatic heterocycles. The fourth-order valence-electron chi connectivity index (χ4n) is 3.72. The summed E-state index contributed by atoms with van der Waals surface area (Å²) >= 11 is 0. The Morgan fingerprint density at radius 3 is 1.91 bits per heavy atom. The zero-order valence-electron chi connectivity index (χ0n) is 20.6. The fourth-order valence-corrected chi connectivity index (χ4v) is 3.72. The van der Waals surface area contributed by atoms with Gasteiger partial charge in [0.25, 0.3) is 0 Å². The topological polar surface area (TPSA) is 44.8 Å². The molecule has 180 valence electrons. The van der Waals surface area contributed by atoms with Gasteiger partial charge in [0.15, 0.2) is 0 Å². The first-order chi connectivity index (χ1) is 16.6. The average Bonchev–Trinajstić information content (AvgIpc) is 2.88. The van der Waals surface area contributed by atoms with Crippen molar-refractivity contribution in [2.45, 2.75) is 58.5 Å². The zero-order valence-corrected chi connectivity index (χ0v) is 20.6. The van der Waals surface area contributed by atoms with Gasteiger partial charge in [-0.3, -0.25) is 0 Å². The second-order valence-corrected chi connectivity index (χ2v) is 8.55. The molecule has 1 atom stereocenters. The Morgan fingerprint density at radius 2 is 1.29 bits per heavy atom. The van der Waals surface area contributed by atoms with Gasteiger partial charge < -0.3 is 14.2 Å². The second-order valence-electron chi connectivity index (χ2n) is 8.55. The number of unbranched alkanes of at least 4 members (excludes halogenated alkanes) is 5. The van der Waals surface area contributed by atoms with Crippen molar-refractivity contribution in [3.05, 3.63) is 83.9 Å². The van der Waals surface area contributed by atoms with Gasteiger partial charge in [0, 0.05) is 7.11 Å². The summed E-state index contributed by atoms with van der Waals surface area (Å²) in [6, 6.07) is 22.9. The first kappa shape index (κ1) is 25.5. The van der Waals surface area contributed by atoms with Crippen LogP contribution in [0.4, 0.5) is 0 Å². The minimum Gasteiger partial charge on any atom is -0.494 e. The van der Waals surface area contributed by atoms with E-state index in [2.05, 4.69) is 6.92 Å². The quantitative estimate of drug-likeness (QED) is 0.147. The molecule has 0 aromatic heterocycles. The van der Waals surface area contributed by atoms with E-state index in [0.29, 0.717) is 11.3 Å². The SMILES string of the molecule is CCCCCCCCOc1ccc(-c2ccc(C(=O)Oc3ccc(C(C)OC)cc3)cc2)cc1. The molecule has 0 saturated carbocycles. The Balaban J connectivity index is 1.49. The predicted molar refractivity (Wildman–Crippen MR) is 138 cm³/mol. The maximum absolute atomic E-state index is 12.5. The van der Waals surface area contributed by atoms with Crippen LogP contribution in [0, 0.1) is 0 Å². The molecule has 0 aliphatic rings. The molecule has 0 heterocycles. The molecular weight excluding hydrogens is 424 g/mol. The molecule has 0 saturated heterocycles. The Hall–Kier alpha value is -3.11. The van der Waals surface area contributed by atoms with Gasteiger partial charge in [0.2, 0.25) is 0 Å². The predicted octanol–water partition coefficient (Wildman–Crippen LogP) is 8.02. The summed E-state index contributed by atoms with van der Waals surface area (Å²) in [7, 11) is 1.67. The highest BCUT2D eigenvalue weighted by Crippen LogP contribution is 2.24. The summed E-state index contributed by atoms with van der Waals surface area (Å²) in [6.45, 7) is 4.97. The summed E-state index contributed by atoms with van der Waals surface area (Å²) < 4.78 is 16.7. The Morgan fingerprint density at radius 1 is 0.735 bits per heavy atom. The minimum absolute atomic E-state index is 0.00163. The lowest BCUT2D eigenvalue weighted by Gasteiger charge is -2.11. The van der Waals surface area contributed by atoms with Crippen molar-refractivity contribution in [1.29, 1.82) is 0 Å². The molecular formula is C30H36O4. The molecule has 3 aromatic rings. The van der Waals surface area contributed by atoms with E-state index >= 15 is 0 Å². The summed E-state index contributed by atoms with van der Waals surface area (Å²) in [5.74, 6) is 1.03. The number of carbonyl (C=O) groups is 1. The van der Waals surface area contributed by atoms with Gasteiger partial charge in [-0.15, -0.1) is 0 Å². The maximum Gasteiger partial charge on any atom is 0.343 e. The Kier molecular flexibility index (Phi) is 10.2. The zero-order chi connectivity index (χ0) is 24.2. The second kappa shape index (κ2) is 13.6. The van der Waals surface area contributed by atoms with E-state index < -0.39 is 0 Å². The monoisotopic (exact) mass is 460 g/mol. The van der Waals surface area contributed by atoms with Gasteiger partial charge in [0.05, 0.1) is 18.3 Å². The van der Waals surface area contributed by atoms with Gasteiger partial charge in [-0.1, -0.05) is 75.4 Å². The molecule has 0 amide bonds. The molecule has 3 rings (SSSR count). The van der Waals surface area contributed by atoms with E-state index in [1.165, 1.54) is 32.1 Å². The molecule has 34 heavy (non-hydrogen) atoms. The van der Waals surface area contributed by atoms with Crippen molar-refractivity contribution in [2.75, 3.05) is 13.7 Å². The van der Waals surface area contributed by atoms with Crippen LogP contribution in [-0.2, 0) is 4.74 Å². The normalized spacial score (nSPS) is 11.7. The van der Waals surface area contributed by atoms with E-state index in [4.69, 9.17) is 14.2 Å². The van der Waals surface area contributed by atoms with Crippen LogP contribution in [0.25, 0.3) is 11.1 Å². The number of carbonyl (C=O) groups excluding carboxylic acids is 1. The van der Waals surface area contributed by atoms with E-state index in [1.807, 2.05) is 55.5 Å². The Labute approximate surface area is 203 Å². The van der Waals surface area contributed by atoms with Crippen LogP contribution < -0.4 is 9.47 Å². The van der Waals surface area contributed by atoms with Gasteiger partial charge >= 0.3 is 5.97 Å². The third kappa shape index (κ3) is 7.74. The molecule has 0 bridgehead atoms. The van der Waals surface area contributed by atoms with Gasteiger partial charge in [-0.25, -0.2) is 4.79 Å². The van der Waals surface area contributed by atoms with Crippen LogP contribution in [0.2, 0.25) is 0 Å². The van der Waals surface area contributed by atoms with Crippen molar-refractivity contribution < 1.29 is 19.0 Å². The fraction of sp³-hybridized carbons (Fsp3) is 0.367. The minimum atomic E-state index is -0.377. The molecule has 0 radical (unpaired) electrons. The number of hydrogen-bond acceptors (Lipinski definition) is 4. The van der Waals surface area contributed by atoms with Gasteiger partial charge in [0.1, 0.15) is 11.5 Å².